The quantitative estimate of drug-likeness (QED) is 0.659. The lowest BCUT2D eigenvalue weighted by molar-refractivity contribution is 0.0844. The average molecular weight is 310 g/mol. The molecular weight excluding hydrogens is 292 g/mol. The summed E-state index contributed by atoms with van der Waals surface area (Å²) in [6, 6.07) is 13.8. The molecule has 0 unspecified atom stereocenters. The number of amides is 2. The van der Waals surface area contributed by atoms with Crippen LogP contribution in [0.4, 0.5) is 0 Å². The van der Waals surface area contributed by atoms with Crippen molar-refractivity contribution in [1.82, 2.24) is 10.9 Å². The molecule has 2 aromatic rings. The molecule has 0 atom stereocenters. The van der Waals surface area contributed by atoms with Crippen molar-refractivity contribution >= 4 is 11.8 Å². The highest BCUT2D eigenvalue weighted by molar-refractivity contribution is 6.00. The van der Waals surface area contributed by atoms with Gasteiger partial charge in [-0.3, -0.25) is 20.4 Å². The maximum Gasteiger partial charge on any atom is 0.273 e. The summed E-state index contributed by atoms with van der Waals surface area (Å²) in [7, 11) is 0. The van der Waals surface area contributed by atoms with Crippen LogP contribution in [-0.4, -0.2) is 18.4 Å². The number of benzene rings is 2. The predicted molar refractivity (Wildman–Crippen MR) is 88.2 cm³/mol. The third-order valence-electron chi connectivity index (χ3n) is 3.09. The second kappa shape index (κ2) is 7.79. The van der Waals surface area contributed by atoms with E-state index in [1.54, 1.807) is 42.5 Å². The lowest BCUT2D eigenvalue weighted by atomic mass is 10.1. The Hall–Kier alpha value is -3.08. The number of hydrogen-bond acceptors (Lipinski definition) is 3. The third kappa shape index (κ3) is 4.44. The van der Waals surface area contributed by atoms with Gasteiger partial charge in [0.15, 0.2) is 0 Å². The molecule has 5 heteroatoms. The van der Waals surface area contributed by atoms with Crippen molar-refractivity contribution in [3.63, 3.8) is 0 Å². The third-order valence-corrected chi connectivity index (χ3v) is 3.09. The molecule has 0 spiro atoms. The van der Waals surface area contributed by atoms with E-state index in [4.69, 9.17) is 4.74 Å². The maximum absolute atomic E-state index is 12.2. The SMILES string of the molecule is C=CCOc1ccccc1C(=O)NNC(=O)c1ccc(C)cc1. The lowest BCUT2D eigenvalue weighted by Crippen LogP contribution is -2.41. The van der Waals surface area contributed by atoms with Gasteiger partial charge in [0.1, 0.15) is 12.4 Å². The van der Waals surface area contributed by atoms with Gasteiger partial charge >= 0.3 is 0 Å². The Morgan fingerprint density at radius 1 is 1.04 bits per heavy atom. The summed E-state index contributed by atoms with van der Waals surface area (Å²) < 4.78 is 5.42. The highest BCUT2D eigenvalue weighted by Gasteiger charge is 2.13. The highest BCUT2D eigenvalue weighted by Crippen LogP contribution is 2.17. The van der Waals surface area contributed by atoms with Gasteiger partial charge in [-0.05, 0) is 31.2 Å². The number of para-hydroxylation sites is 1. The zero-order valence-electron chi connectivity index (χ0n) is 12.8. The number of nitrogens with one attached hydrogen (secondary N) is 2. The summed E-state index contributed by atoms with van der Waals surface area (Å²) in [5.41, 5.74) is 6.62. The summed E-state index contributed by atoms with van der Waals surface area (Å²) in [5, 5.41) is 0. The predicted octanol–water partition coefficient (Wildman–Crippen LogP) is 2.63. The van der Waals surface area contributed by atoms with E-state index in [1.165, 1.54) is 0 Å². The number of ether oxygens (including phenoxy) is 1. The normalized spacial score (nSPS) is 9.78. The molecule has 2 rings (SSSR count). The summed E-state index contributed by atoms with van der Waals surface area (Å²) in [6.45, 7) is 5.79. The summed E-state index contributed by atoms with van der Waals surface area (Å²) in [6.07, 6.45) is 1.59. The van der Waals surface area contributed by atoms with Crippen LogP contribution < -0.4 is 15.6 Å². The van der Waals surface area contributed by atoms with E-state index in [9.17, 15) is 9.59 Å². The van der Waals surface area contributed by atoms with Gasteiger partial charge in [-0.2, -0.15) is 0 Å². The van der Waals surface area contributed by atoms with Gasteiger partial charge in [0, 0.05) is 5.56 Å². The molecular formula is C18H18N2O3. The number of hydrogen-bond donors (Lipinski definition) is 2. The van der Waals surface area contributed by atoms with Gasteiger partial charge in [-0.15, -0.1) is 0 Å². The minimum absolute atomic E-state index is 0.292. The molecule has 0 aliphatic heterocycles. The fourth-order valence-corrected chi connectivity index (χ4v) is 1.89. The Balaban J connectivity index is 2.00. The molecule has 2 N–H and O–H groups in total. The van der Waals surface area contributed by atoms with Gasteiger partial charge in [-0.1, -0.05) is 42.5 Å². The van der Waals surface area contributed by atoms with Crippen LogP contribution >= 0.6 is 0 Å². The summed E-state index contributed by atoms with van der Waals surface area (Å²) in [5.74, 6) is -0.414. The van der Waals surface area contributed by atoms with E-state index in [0.717, 1.165) is 5.56 Å². The van der Waals surface area contributed by atoms with Crippen LogP contribution in [-0.2, 0) is 0 Å². The fraction of sp³-hybridized carbons (Fsp3) is 0.111. The zero-order valence-corrected chi connectivity index (χ0v) is 12.8. The minimum atomic E-state index is -0.454. The van der Waals surface area contributed by atoms with E-state index < -0.39 is 5.91 Å². The van der Waals surface area contributed by atoms with Crippen LogP contribution in [0.5, 0.6) is 5.75 Å². The molecule has 0 heterocycles. The lowest BCUT2D eigenvalue weighted by Gasteiger charge is -2.11. The number of hydrazine groups is 1. The van der Waals surface area contributed by atoms with Crippen molar-refractivity contribution in [2.24, 2.45) is 0 Å². The van der Waals surface area contributed by atoms with E-state index in [2.05, 4.69) is 17.4 Å². The second-order valence-electron chi connectivity index (χ2n) is 4.87. The van der Waals surface area contributed by atoms with Crippen LogP contribution in [0.1, 0.15) is 26.3 Å². The molecule has 0 fully saturated rings. The molecule has 0 aliphatic rings. The zero-order chi connectivity index (χ0) is 16.7. The number of aryl methyl sites for hydroxylation is 1. The van der Waals surface area contributed by atoms with Crippen LogP contribution in [0.15, 0.2) is 61.2 Å². The smallest absolute Gasteiger partial charge is 0.273 e. The van der Waals surface area contributed by atoms with Crippen molar-refractivity contribution in [3.05, 3.63) is 77.9 Å². The first-order valence-electron chi connectivity index (χ1n) is 7.12. The van der Waals surface area contributed by atoms with Crippen molar-refractivity contribution in [2.75, 3.05) is 6.61 Å². The molecule has 0 bridgehead atoms. The van der Waals surface area contributed by atoms with Gasteiger partial charge in [-0.25, -0.2) is 0 Å². The van der Waals surface area contributed by atoms with E-state index in [0.29, 0.717) is 23.5 Å². The Morgan fingerprint density at radius 2 is 1.70 bits per heavy atom. The topological polar surface area (TPSA) is 67.4 Å². The van der Waals surface area contributed by atoms with E-state index >= 15 is 0 Å². The number of carbonyl (C=O) groups excluding carboxylic acids is 2. The van der Waals surface area contributed by atoms with Gasteiger partial charge in [0.05, 0.1) is 5.56 Å². The average Bonchev–Trinajstić information content (AvgIpc) is 2.58. The maximum atomic E-state index is 12.2. The van der Waals surface area contributed by atoms with Crippen LogP contribution in [0.3, 0.4) is 0 Å². The minimum Gasteiger partial charge on any atom is -0.489 e. The van der Waals surface area contributed by atoms with E-state index in [-0.39, 0.29) is 5.91 Å². The van der Waals surface area contributed by atoms with Gasteiger partial charge in [0.25, 0.3) is 11.8 Å². The summed E-state index contributed by atoms with van der Waals surface area (Å²) in [4.78, 5) is 24.2. The largest absolute Gasteiger partial charge is 0.489 e. The Labute approximate surface area is 134 Å². The first-order chi connectivity index (χ1) is 11.1. The first kappa shape index (κ1) is 16.3. The molecule has 0 saturated carbocycles. The summed E-state index contributed by atoms with van der Waals surface area (Å²) >= 11 is 0. The standard InChI is InChI=1S/C18H18N2O3/c1-3-12-23-16-7-5-4-6-15(16)18(22)20-19-17(21)14-10-8-13(2)9-11-14/h3-11H,1,12H2,2H3,(H,19,21)(H,20,22). The van der Waals surface area contributed by atoms with Crippen LogP contribution in [0.2, 0.25) is 0 Å². The molecule has 23 heavy (non-hydrogen) atoms. The van der Waals surface area contributed by atoms with Crippen LogP contribution in [0, 0.1) is 6.92 Å². The van der Waals surface area contributed by atoms with Crippen molar-refractivity contribution in [1.29, 1.82) is 0 Å². The number of carbonyl (C=O) groups is 2. The Kier molecular flexibility index (Phi) is 5.52. The molecule has 118 valence electrons. The molecule has 0 aliphatic carbocycles. The van der Waals surface area contributed by atoms with Gasteiger partial charge < -0.3 is 4.74 Å². The molecule has 0 saturated heterocycles. The fourth-order valence-electron chi connectivity index (χ4n) is 1.89. The molecule has 0 aromatic heterocycles. The van der Waals surface area contributed by atoms with Crippen molar-refractivity contribution < 1.29 is 14.3 Å². The van der Waals surface area contributed by atoms with Crippen molar-refractivity contribution in [2.45, 2.75) is 6.92 Å². The number of rotatable bonds is 5. The molecule has 0 radical (unpaired) electrons. The molecule has 2 amide bonds. The second-order valence-corrected chi connectivity index (χ2v) is 4.87. The van der Waals surface area contributed by atoms with Crippen LogP contribution in [0.25, 0.3) is 0 Å². The van der Waals surface area contributed by atoms with Gasteiger partial charge in [0.2, 0.25) is 0 Å². The van der Waals surface area contributed by atoms with E-state index in [1.807, 2.05) is 19.1 Å². The first-order valence-corrected chi connectivity index (χ1v) is 7.12. The monoisotopic (exact) mass is 310 g/mol. The van der Waals surface area contributed by atoms with Crippen molar-refractivity contribution in [3.8, 4) is 5.75 Å². The molecule has 5 nitrogen and oxygen atoms in total. The molecule has 2 aromatic carbocycles. The highest BCUT2D eigenvalue weighted by atomic mass is 16.5. The Bertz CT molecular complexity index is 708. The Morgan fingerprint density at radius 3 is 2.39 bits per heavy atom.